The van der Waals surface area contributed by atoms with Gasteiger partial charge in [0.15, 0.2) is 0 Å². The van der Waals surface area contributed by atoms with E-state index in [1.54, 1.807) is 18.7 Å². The van der Waals surface area contributed by atoms with E-state index in [0.717, 1.165) is 17.5 Å². The van der Waals surface area contributed by atoms with Crippen LogP contribution in [0.4, 0.5) is 0 Å². The van der Waals surface area contributed by atoms with Gasteiger partial charge in [0, 0.05) is 18.0 Å². The minimum atomic E-state index is 0.0629. The first-order valence-electron chi connectivity index (χ1n) is 4.77. The van der Waals surface area contributed by atoms with Gasteiger partial charge < -0.3 is 4.42 Å². The monoisotopic (exact) mass is 203 g/mol. The Morgan fingerprint density at radius 3 is 3.00 bits per heavy atom. The molecule has 0 saturated carbocycles. The van der Waals surface area contributed by atoms with E-state index in [0.29, 0.717) is 0 Å². The molecule has 2 aromatic rings. The van der Waals surface area contributed by atoms with Crippen LogP contribution in [0, 0.1) is 0 Å². The van der Waals surface area contributed by atoms with Crippen LogP contribution in [0.15, 0.2) is 47.5 Å². The summed E-state index contributed by atoms with van der Waals surface area (Å²) in [5.41, 5.74) is 4.95. The number of pyridine rings is 1. The van der Waals surface area contributed by atoms with E-state index < -0.39 is 0 Å². The van der Waals surface area contributed by atoms with Crippen molar-refractivity contribution in [3.8, 4) is 0 Å². The number of nitrogens with zero attached hydrogens (tertiary/aromatic N) is 1. The van der Waals surface area contributed by atoms with Crippen LogP contribution >= 0.6 is 0 Å². The fourth-order valence-electron chi connectivity index (χ4n) is 1.50. The SMILES string of the molecule is NNC(Cc1cccnc1)c1ccoc1. The third kappa shape index (κ3) is 2.43. The van der Waals surface area contributed by atoms with Gasteiger partial charge in [-0.15, -0.1) is 0 Å². The lowest BCUT2D eigenvalue weighted by molar-refractivity contribution is 0.525. The van der Waals surface area contributed by atoms with Crippen LogP contribution < -0.4 is 11.3 Å². The number of rotatable bonds is 4. The average molecular weight is 203 g/mol. The fraction of sp³-hybridized carbons (Fsp3) is 0.182. The summed E-state index contributed by atoms with van der Waals surface area (Å²) >= 11 is 0. The standard InChI is InChI=1S/C11H13N3O/c12-14-11(10-3-5-15-8-10)6-9-2-1-4-13-7-9/h1-5,7-8,11,14H,6,12H2. The van der Waals surface area contributed by atoms with Gasteiger partial charge in [0.25, 0.3) is 0 Å². The first-order chi connectivity index (χ1) is 7.40. The second-order valence-electron chi connectivity index (χ2n) is 3.34. The summed E-state index contributed by atoms with van der Waals surface area (Å²) < 4.78 is 5.02. The van der Waals surface area contributed by atoms with Crippen molar-refractivity contribution in [2.24, 2.45) is 5.84 Å². The number of hydrazine groups is 1. The van der Waals surface area contributed by atoms with Crippen molar-refractivity contribution >= 4 is 0 Å². The molecule has 1 unspecified atom stereocenters. The second kappa shape index (κ2) is 4.72. The predicted octanol–water partition coefficient (Wildman–Crippen LogP) is 1.42. The predicted molar refractivity (Wildman–Crippen MR) is 56.7 cm³/mol. The van der Waals surface area contributed by atoms with Gasteiger partial charge in [0.05, 0.1) is 18.6 Å². The van der Waals surface area contributed by atoms with Crippen molar-refractivity contribution in [3.05, 3.63) is 54.2 Å². The van der Waals surface area contributed by atoms with Gasteiger partial charge in [0.2, 0.25) is 0 Å². The molecule has 1 atom stereocenters. The van der Waals surface area contributed by atoms with E-state index in [1.165, 1.54) is 0 Å². The van der Waals surface area contributed by atoms with Crippen LogP contribution in [0.25, 0.3) is 0 Å². The zero-order valence-electron chi connectivity index (χ0n) is 8.26. The average Bonchev–Trinajstić information content (AvgIpc) is 2.81. The molecule has 4 heteroatoms. The van der Waals surface area contributed by atoms with Gasteiger partial charge in [-0.05, 0) is 24.1 Å². The Morgan fingerprint density at radius 1 is 1.47 bits per heavy atom. The largest absolute Gasteiger partial charge is 0.472 e. The zero-order valence-corrected chi connectivity index (χ0v) is 8.26. The molecular weight excluding hydrogens is 190 g/mol. The van der Waals surface area contributed by atoms with Crippen molar-refractivity contribution in [1.82, 2.24) is 10.4 Å². The molecule has 0 bridgehead atoms. The maximum Gasteiger partial charge on any atom is 0.0950 e. The van der Waals surface area contributed by atoms with Crippen LogP contribution in [0.2, 0.25) is 0 Å². The molecule has 2 aromatic heterocycles. The summed E-state index contributed by atoms with van der Waals surface area (Å²) in [6, 6.07) is 5.91. The molecule has 0 radical (unpaired) electrons. The first-order valence-corrected chi connectivity index (χ1v) is 4.77. The molecule has 2 rings (SSSR count). The smallest absolute Gasteiger partial charge is 0.0950 e. The lowest BCUT2D eigenvalue weighted by Gasteiger charge is -2.13. The second-order valence-corrected chi connectivity index (χ2v) is 3.34. The highest BCUT2D eigenvalue weighted by atomic mass is 16.3. The topological polar surface area (TPSA) is 64.1 Å². The van der Waals surface area contributed by atoms with Gasteiger partial charge >= 0.3 is 0 Å². The summed E-state index contributed by atoms with van der Waals surface area (Å²) in [5, 5.41) is 0. The molecule has 0 amide bonds. The third-order valence-corrected chi connectivity index (χ3v) is 2.31. The highest BCUT2D eigenvalue weighted by molar-refractivity contribution is 5.17. The highest BCUT2D eigenvalue weighted by Crippen LogP contribution is 2.17. The summed E-state index contributed by atoms with van der Waals surface area (Å²) in [6.07, 6.45) is 7.73. The van der Waals surface area contributed by atoms with Crippen molar-refractivity contribution in [2.45, 2.75) is 12.5 Å². The Balaban J connectivity index is 2.10. The molecule has 0 aliphatic rings. The highest BCUT2D eigenvalue weighted by Gasteiger charge is 2.11. The van der Waals surface area contributed by atoms with Crippen LogP contribution in [-0.2, 0) is 6.42 Å². The lowest BCUT2D eigenvalue weighted by atomic mass is 10.0. The molecule has 0 fully saturated rings. The Hall–Kier alpha value is -1.65. The van der Waals surface area contributed by atoms with Gasteiger partial charge in [-0.3, -0.25) is 16.3 Å². The van der Waals surface area contributed by atoms with Gasteiger partial charge in [-0.25, -0.2) is 0 Å². The van der Waals surface area contributed by atoms with E-state index in [-0.39, 0.29) is 6.04 Å². The number of furan rings is 1. The summed E-state index contributed by atoms with van der Waals surface area (Å²) in [6.45, 7) is 0. The number of nitrogens with one attached hydrogen (secondary N) is 1. The van der Waals surface area contributed by atoms with Crippen molar-refractivity contribution in [2.75, 3.05) is 0 Å². The Morgan fingerprint density at radius 2 is 2.40 bits per heavy atom. The number of aromatic nitrogens is 1. The summed E-state index contributed by atoms with van der Waals surface area (Å²) in [5.74, 6) is 5.50. The maximum atomic E-state index is 5.50. The quantitative estimate of drug-likeness (QED) is 0.582. The minimum Gasteiger partial charge on any atom is -0.472 e. The van der Waals surface area contributed by atoms with E-state index in [1.807, 2.05) is 24.4 Å². The van der Waals surface area contributed by atoms with E-state index in [4.69, 9.17) is 10.3 Å². The van der Waals surface area contributed by atoms with E-state index in [9.17, 15) is 0 Å². The van der Waals surface area contributed by atoms with Crippen LogP contribution in [-0.4, -0.2) is 4.98 Å². The van der Waals surface area contributed by atoms with Crippen molar-refractivity contribution in [1.29, 1.82) is 0 Å². The normalized spacial score (nSPS) is 12.6. The van der Waals surface area contributed by atoms with Crippen LogP contribution in [0.3, 0.4) is 0 Å². The summed E-state index contributed by atoms with van der Waals surface area (Å²) in [4.78, 5) is 4.06. The van der Waals surface area contributed by atoms with Crippen molar-refractivity contribution in [3.63, 3.8) is 0 Å². The summed E-state index contributed by atoms with van der Waals surface area (Å²) in [7, 11) is 0. The van der Waals surface area contributed by atoms with E-state index in [2.05, 4.69) is 10.4 Å². The fourth-order valence-corrected chi connectivity index (χ4v) is 1.50. The molecule has 0 spiro atoms. The van der Waals surface area contributed by atoms with E-state index >= 15 is 0 Å². The molecule has 15 heavy (non-hydrogen) atoms. The van der Waals surface area contributed by atoms with Gasteiger partial charge in [0.1, 0.15) is 0 Å². The maximum absolute atomic E-state index is 5.50. The molecule has 0 aliphatic carbocycles. The number of hydrogen-bond donors (Lipinski definition) is 2. The van der Waals surface area contributed by atoms with Gasteiger partial charge in [-0.2, -0.15) is 0 Å². The Kier molecular flexibility index (Phi) is 3.11. The Bertz CT molecular complexity index is 385. The van der Waals surface area contributed by atoms with Crippen LogP contribution in [0.1, 0.15) is 17.2 Å². The van der Waals surface area contributed by atoms with Crippen LogP contribution in [0.5, 0.6) is 0 Å². The molecule has 2 heterocycles. The lowest BCUT2D eigenvalue weighted by Crippen LogP contribution is -2.29. The molecule has 0 saturated heterocycles. The molecule has 4 nitrogen and oxygen atoms in total. The zero-order chi connectivity index (χ0) is 10.5. The van der Waals surface area contributed by atoms with Crippen molar-refractivity contribution < 1.29 is 4.42 Å². The number of nitrogens with two attached hydrogens (primary N) is 1. The van der Waals surface area contributed by atoms with Gasteiger partial charge in [-0.1, -0.05) is 6.07 Å². The third-order valence-electron chi connectivity index (χ3n) is 2.31. The molecule has 0 aromatic carbocycles. The molecule has 78 valence electrons. The molecule has 3 N–H and O–H groups in total. The first kappa shape index (κ1) is 9.89. The minimum absolute atomic E-state index is 0.0629. The Labute approximate surface area is 88.1 Å². The molecular formula is C11H13N3O. The number of hydrogen-bond acceptors (Lipinski definition) is 4. The molecule has 0 aliphatic heterocycles.